The SMILES string of the molecule is COC1CCN(C(=O)CC(C)C)CC1. The molecule has 1 amide bonds. The Labute approximate surface area is 86.4 Å². The van der Waals surface area contributed by atoms with Crippen molar-refractivity contribution in [3.8, 4) is 0 Å². The Morgan fingerprint density at radius 1 is 1.43 bits per heavy atom. The van der Waals surface area contributed by atoms with Gasteiger partial charge in [0.2, 0.25) is 5.91 Å². The van der Waals surface area contributed by atoms with Gasteiger partial charge in [0.05, 0.1) is 6.10 Å². The van der Waals surface area contributed by atoms with Gasteiger partial charge in [-0.25, -0.2) is 0 Å². The number of carbonyl (C=O) groups is 1. The molecule has 0 N–H and O–H groups in total. The van der Waals surface area contributed by atoms with Crippen LogP contribution in [0.5, 0.6) is 0 Å². The molecule has 0 bridgehead atoms. The average molecular weight is 199 g/mol. The zero-order chi connectivity index (χ0) is 10.6. The molecule has 0 aromatic carbocycles. The standard InChI is InChI=1S/C11H21NO2/c1-9(2)8-11(13)12-6-4-10(14-3)5-7-12/h9-10H,4-8H2,1-3H3. The molecule has 0 aromatic heterocycles. The van der Waals surface area contributed by atoms with Crippen molar-refractivity contribution in [1.82, 2.24) is 4.90 Å². The Hall–Kier alpha value is -0.570. The van der Waals surface area contributed by atoms with E-state index in [0.29, 0.717) is 24.3 Å². The first-order valence-corrected chi connectivity index (χ1v) is 5.44. The van der Waals surface area contributed by atoms with Crippen molar-refractivity contribution in [2.75, 3.05) is 20.2 Å². The van der Waals surface area contributed by atoms with Gasteiger partial charge >= 0.3 is 0 Å². The fraction of sp³-hybridized carbons (Fsp3) is 0.909. The maximum atomic E-state index is 11.7. The molecule has 0 spiro atoms. The lowest BCUT2D eigenvalue weighted by Gasteiger charge is -2.31. The molecule has 1 aliphatic heterocycles. The molecule has 0 unspecified atom stereocenters. The topological polar surface area (TPSA) is 29.5 Å². The number of amides is 1. The summed E-state index contributed by atoms with van der Waals surface area (Å²) in [5.41, 5.74) is 0. The third-order valence-electron chi connectivity index (χ3n) is 2.71. The fourth-order valence-corrected chi connectivity index (χ4v) is 1.82. The van der Waals surface area contributed by atoms with Crippen LogP contribution in [0.4, 0.5) is 0 Å². The number of rotatable bonds is 3. The summed E-state index contributed by atoms with van der Waals surface area (Å²) >= 11 is 0. The zero-order valence-electron chi connectivity index (χ0n) is 9.45. The van der Waals surface area contributed by atoms with E-state index in [9.17, 15) is 4.79 Å². The molecule has 0 atom stereocenters. The normalized spacial score (nSPS) is 19.0. The van der Waals surface area contributed by atoms with Gasteiger partial charge in [0, 0.05) is 26.6 Å². The Bertz CT molecular complexity index is 184. The quantitative estimate of drug-likeness (QED) is 0.692. The lowest BCUT2D eigenvalue weighted by molar-refractivity contribution is -0.134. The lowest BCUT2D eigenvalue weighted by Crippen LogP contribution is -2.40. The van der Waals surface area contributed by atoms with Crippen LogP contribution in [0.25, 0.3) is 0 Å². The smallest absolute Gasteiger partial charge is 0.222 e. The van der Waals surface area contributed by atoms with Gasteiger partial charge in [0.25, 0.3) is 0 Å². The number of carbonyl (C=O) groups excluding carboxylic acids is 1. The van der Waals surface area contributed by atoms with Gasteiger partial charge in [-0.3, -0.25) is 4.79 Å². The highest BCUT2D eigenvalue weighted by Gasteiger charge is 2.22. The summed E-state index contributed by atoms with van der Waals surface area (Å²) in [6, 6.07) is 0. The van der Waals surface area contributed by atoms with Crippen LogP contribution in [-0.2, 0) is 9.53 Å². The van der Waals surface area contributed by atoms with Crippen LogP contribution in [0.15, 0.2) is 0 Å². The number of hydrogen-bond donors (Lipinski definition) is 0. The van der Waals surface area contributed by atoms with E-state index in [2.05, 4.69) is 13.8 Å². The van der Waals surface area contributed by atoms with Crippen LogP contribution < -0.4 is 0 Å². The molecular weight excluding hydrogens is 178 g/mol. The highest BCUT2D eigenvalue weighted by molar-refractivity contribution is 5.76. The van der Waals surface area contributed by atoms with Gasteiger partial charge in [0.1, 0.15) is 0 Å². The van der Waals surface area contributed by atoms with E-state index in [1.54, 1.807) is 7.11 Å². The first-order valence-electron chi connectivity index (χ1n) is 5.44. The summed E-state index contributed by atoms with van der Waals surface area (Å²) in [5, 5.41) is 0. The molecule has 1 heterocycles. The van der Waals surface area contributed by atoms with Crippen molar-refractivity contribution in [3.63, 3.8) is 0 Å². The molecule has 82 valence electrons. The number of piperidine rings is 1. The van der Waals surface area contributed by atoms with E-state index < -0.39 is 0 Å². The zero-order valence-corrected chi connectivity index (χ0v) is 9.45. The minimum absolute atomic E-state index is 0.301. The Balaban J connectivity index is 2.30. The van der Waals surface area contributed by atoms with E-state index in [1.807, 2.05) is 4.90 Å². The van der Waals surface area contributed by atoms with Crippen molar-refractivity contribution in [2.45, 2.75) is 39.2 Å². The van der Waals surface area contributed by atoms with Crippen LogP contribution in [0.1, 0.15) is 33.1 Å². The molecule has 14 heavy (non-hydrogen) atoms. The van der Waals surface area contributed by atoms with E-state index in [1.165, 1.54) is 0 Å². The summed E-state index contributed by atoms with van der Waals surface area (Å²) in [6.45, 7) is 5.90. The van der Waals surface area contributed by atoms with Crippen molar-refractivity contribution >= 4 is 5.91 Å². The molecule has 1 rings (SSSR count). The molecule has 1 saturated heterocycles. The monoisotopic (exact) mass is 199 g/mol. The predicted octanol–water partition coefficient (Wildman–Crippen LogP) is 1.67. The summed E-state index contributed by atoms with van der Waals surface area (Å²) in [4.78, 5) is 13.7. The highest BCUT2D eigenvalue weighted by atomic mass is 16.5. The predicted molar refractivity (Wildman–Crippen MR) is 56.1 cm³/mol. The van der Waals surface area contributed by atoms with Crippen LogP contribution in [0.2, 0.25) is 0 Å². The maximum Gasteiger partial charge on any atom is 0.222 e. The molecule has 3 heteroatoms. The van der Waals surface area contributed by atoms with Gasteiger partial charge in [-0.05, 0) is 18.8 Å². The molecule has 1 aliphatic rings. The third kappa shape index (κ3) is 3.29. The number of ether oxygens (including phenoxy) is 1. The molecule has 3 nitrogen and oxygen atoms in total. The van der Waals surface area contributed by atoms with E-state index in [0.717, 1.165) is 25.9 Å². The van der Waals surface area contributed by atoms with E-state index in [4.69, 9.17) is 4.74 Å². The summed E-state index contributed by atoms with van der Waals surface area (Å²) < 4.78 is 5.26. The third-order valence-corrected chi connectivity index (χ3v) is 2.71. The van der Waals surface area contributed by atoms with Gasteiger partial charge in [-0.2, -0.15) is 0 Å². The lowest BCUT2D eigenvalue weighted by atomic mass is 10.1. The molecule has 0 radical (unpaired) electrons. The van der Waals surface area contributed by atoms with Gasteiger partial charge in [-0.1, -0.05) is 13.8 Å². The average Bonchev–Trinajstić information content (AvgIpc) is 2.17. The second-order valence-electron chi connectivity index (χ2n) is 4.41. The number of hydrogen-bond acceptors (Lipinski definition) is 2. The Kier molecular flexibility index (Phi) is 4.39. The van der Waals surface area contributed by atoms with Crippen molar-refractivity contribution in [2.24, 2.45) is 5.92 Å². The number of nitrogens with zero attached hydrogens (tertiary/aromatic N) is 1. The summed E-state index contributed by atoms with van der Waals surface area (Å²) in [7, 11) is 1.75. The molecule has 0 aromatic rings. The van der Waals surface area contributed by atoms with Crippen LogP contribution in [0, 0.1) is 5.92 Å². The Morgan fingerprint density at radius 3 is 2.43 bits per heavy atom. The van der Waals surface area contributed by atoms with Gasteiger partial charge < -0.3 is 9.64 Å². The maximum absolute atomic E-state index is 11.7. The highest BCUT2D eigenvalue weighted by Crippen LogP contribution is 2.15. The van der Waals surface area contributed by atoms with Crippen LogP contribution >= 0.6 is 0 Å². The fourth-order valence-electron chi connectivity index (χ4n) is 1.82. The van der Waals surface area contributed by atoms with Crippen molar-refractivity contribution in [3.05, 3.63) is 0 Å². The van der Waals surface area contributed by atoms with E-state index in [-0.39, 0.29) is 0 Å². The summed E-state index contributed by atoms with van der Waals surface area (Å²) in [5.74, 6) is 0.761. The number of likely N-dealkylation sites (tertiary alicyclic amines) is 1. The number of methoxy groups -OCH3 is 1. The first-order chi connectivity index (χ1) is 6.63. The van der Waals surface area contributed by atoms with Crippen molar-refractivity contribution in [1.29, 1.82) is 0 Å². The van der Waals surface area contributed by atoms with Gasteiger partial charge in [0.15, 0.2) is 0 Å². The molecule has 0 aliphatic carbocycles. The molecule has 0 saturated carbocycles. The molecule has 1 fully saturated rings. The van der Waals surface area contributed by atoms with Crippen LogP contribution in [0.3, 0.4) is 0 Å². The largest absolute Gasteiger partial charge is 0.381 e. The first kappa shape index (κ1) is 11.5. The minimum atomic E-state index is 0.301. The second-order valence-corrected chi connectivity index (χ2v) is 4.41. The van der Waals surface area contributed by atoms with E-state index >= 15 is 0 Å². The molecular formula is C11H21NO2. The minimum Gasteiger partial charge on any atom is -0.381 e. The van der Waals surface area contributed by atoms with Crippen LogP contribution in [-0.4, -0.2) is 37.1 Å². The summed E-state index contributed by atoms with van der Waals surface area (Å²) in [6.07, 6.45) is 3.01. The van der Waals surface area contributed by atoms with Gasteiger partial charge in [-0.15, -0.1) is 0 Å². The Morgan fingerprint density at radius 2 is 2.00 bits per heavy atom. The van der Waals surface area contributed by atoms with Crippen molar-refractivity contribution < 1.29 is 9.53 Å². The second kappa shape index (κ2) is 5.35.